The van der Waals surface area contributed by atoms with Gasteiger partial charge in [-0.3, -0.25) is 4.99 Å². The molecule has 1 saturated carbocycles. The number of hydrogen-bond acceptors (Lipinski definition) is 2. The Hall–Kier alpha value is -0.0400. The van der Waals surface area contributed by atoms with E-state index >= 15 is 0 Å². The molecule has 0 aromatic carbocycles. The molecule has 1 rings (SSSR count). The van der Waals surface area contributed by atoms with Crippen molar-refractivity contribution in [2.45, 2.75) is 51.2 Å². The lowest BCUT2D eigenvalue weighted by Crippen LogP contribution is -2.38. The van der Waals surface area contributed by atoms with E-state index in [0.717, 1.165) is 0 Å². The van der Waals surface area contributed by atoms with Crippen LogP contribution < -0.4 is 5.73 Å². The van der Waals surface area contributed by atoms with Crippen molar-refractivity contribution < 1.29 is 5.11 Å². The maximum Gasteiger partial charge on any atom is 0.191 e. The van der Waals surface area contributed by atoms with Crippen molar-refractivity contribution in [3.8, 4) is 0 Å². The van der Waals surface area contributed by atoms with Crippen molar-refractivity contribution >= 4 is 29.9 Å². The molecular weight excluding hydrogens is 317 g/mol. The fourth-order valence-corrected chi connectivity index (χ4v) is 1.46. The molecule has 0 bridgehead atoms. The first-order valence-corrected chi connectivity index (χ1v) is 5.77. The number of aliphatic hydroxyl groups is 1. The molecule has 0 unspecified atom stereocenters. The lowest BCUT2D eigenvalue weighted by Gasteiger charge is -2.24. The van der Waals surface area contributed by atoms with Gasteiger partial charge in [-0.25, -0.2) is 0 Å². The first-order valence-electron chi connectivity index (χ1n) is 5.77. The standard InChI is InChI=1S/C11H23N3O.HI/c1-4-11(15,5-2)8-13-10(12)14(3)9-6-7-9;/h9,15H,4-8H2,1-3H3,(H2,12,13);1H. The molecule has 0 aromatic heterocycles. The highest BCUT2D eigenvalue weighted by molar-refractivity contribution is 14.0. The number of hydrogen-bond donors (Lipinski definition) is 2. The molecule has 1 aliphatic carbocycles. The van der Waals surface area contributed by atoms with Crippen molar-refractivity contribution in [3.63, 3.8) is 0 Å². The summed E-state index contributed by atoms with van der Waals surface area (Å²) in [4.78, 5) is 6.28. The van der Waals surface area contributed by atoms with Crippen LogP contribution in [0.25, 0.3) is 0 Å². The van der Waals surface area contributed by atoms with Gasteiger partial charge in [0, 0.05) is 13.1 Å². The Labute approximate surface area is 115 Å². The van der Waals surface area contributed by atoms with E-state index in [1.165, 1.54) is 12.8 Å². The van der Waals surface area contributed by atoms with Crippen molar-refractivity contribution in [2.75, 3.05) is 13.6 Å². The van der Waals surface area contributed by atoms with Gasteiger partial charge in [-0.2, -0.15) is 0 Å². The zero-order valence-corrected chi connectivity index (χ0v) is 12.8. The Balaban J connectivity index is 0.00000225. The molecule has 0 radical (unpaired) electrons. The molecule has 0 atom stereocenters. The Morgan fingerprint density at radius 2 is 1.94 bits per heavy atom. The first-order chi connectivity index (χ1) is 7.02. The highest BCUT2D eigenvalue weighted by atomic mass is 127. The summed E-state index contributed by atoms with van der Waals surface area (Å²) in [7, 11) is 1.97. The van der Waals surface area contributed by atoms with Gasteiger partial charge >= 0.3 is 0 Å². The number of nitrogens with two attached hydrogens (primary N) is 1. The average Bonchev–Trinajstić information content (AvgIpc) is 3.08. The van der Waals surface area contributed by atoms with Crippen molar-refractivity contribution in [1.29, 1.82) is 0 Å². The van der Waals surface area contributed by atoms with E-state index in [1.54, 1.807) is 0 Å². The van der Waals surface area contributed by atoms with Gasteiger partial charge in [-0.15, -0.1) is 24.0 Å². The Kier molecular flexibility index (Phi) is 6.62. The van der Waals surface area contributed by atoms with Crippen LogP contribution in [0, 0.1) is 0 Å². The zero-order chi connectivity index (χ0) is 11.5. The van der Waals surface area contributed by atoms with Gasteiger partial charge < -0.3 is 15.7 Å². The third-order valence-corrected chi connectivity index (χ3v) is 3.31. The first kappa shape index (κ1) is 16.0. The molecule has 0 spiro atoms. The van der Waals surface area contributed by atoms with Gasteiger partial charge in [0.15, 0.2) is 5.96 Å². The van der Waals surface area contributed by atoms with Crippen LogP contribution in [0.3, 0.4) is 0 Å². The monoisotopic (exact) mass is 341 g/mol. The minimum Gasteiger partial charge on any atom is -0.388 e. The highest BCUT2D eigenvalue weighted by Gasteiger charge is 2.28. The maximum absolute atomic E-state index is 10.0. The predicted octanol–water partition coefficient (Wildman–Crippen LogP) is 1.56. The second-order valence-electron chi connectivity index (χ2n) is 4.45. The van der Waals surface area contributed by atoms with Crippen LogP contribution >= 0.6 is 24.0 Å². The van der Waals surface area contributed by atoms with Crippen molar-refractivity contribution in [1.82, 2.24) is 4.90 Å². The van der Waals surface area contributed by atoms with Crippen LogP contribution in [0.1, 0.15) is 39.5 Å². The number of guanidine groups is 1. The molecule has 0 saturated heterocycles. The summed E-state index contributed by atoms with van der Waals surface area (Å²) in [5, 5.41) is 10.0. The van der Waals surface area contributed by atoms with Crippen LogP contribution in [-0.4, -0.2) is 41.2 Å². The second kappa shape index (κ2) is 6.64. The number of halogens is 1. The highest BCUT2D eigenvalue weighted by Crippen LogP contribution is 2.25. The van der Waals surface area contributed by atoms with E-state index < -0.39 is 5.60 Å². The summed E-state index contributed by atoms with van der Waals surface area (Å²) >= 11 is 0. The molecule has 4 nitrogen and oxygen atoms in total. The Bertz CT molecular complexity index is 237. The van der Waals surface area contributed by atoms with E-state index in [-0.39, 0.29) is 24.0 Å². The van der Waals surface area contributed by atoms with Crippen LogP contribution in [0.2, 0.25) is 0 Å². The smallest absolute Gasteiger partial charge is 0.191 e. The zero-order valence-electron chi connectivity index (χ0n) is 10.4. The minimum absolute atomic E-state index is 0. The van der Waals surface area contributed by atoms with Gasteiger partial charge in [-0.1, -0.05) is 13.8 Å². The summed E-state index contributed by atoms with van der Waals surface area (Å²) in [6, 6.07) is 0.574. The third kappa shape index (κ3) is 4.45. The summed E-state index contributed by atoms with van der Waals surface area (Å²) in [5.74, 6) is 0.554. The van der Waals surface area contributed by atoms with Gasteiger partial charge in [-0.05, 0) is 25.7 Å². The molecule has 0 aromatic rings. The number of nitrogens with zero attached hydrogens (tertiary/aromatic N) is 2. The van der Waals surface area contributed by atoms with Crippen LogP contribution in [0.5, 0.6) is 0 Å². The molecule has 1 aliphatic rings. The Morgan fingerprint density at radius 3 is 2.31 bits per heavy atom. The van der Waals surface area contributed by atoms with E-state index in [1.807, 2.05) is 25.8 Å². The van der Waals surface area contributed by atoms with E-state index in [0.29, 0.717) is 31.4 Å². The molecule has 0 amide bonds. The normalized spacial score (nSPS) is 16.9. The van der Waals surface area contributed by atoms with Gasteiger partial charge in [0.1, 0.15) is 0 Å². The number of aliphatic imine (C=N–C) groups is 1. The lowest BCUT2D eigenvalue weighted by atomic mass is 9.98. The average molecular weight is 341 g/mol. The molecule has 96 valence electrons. The van der Waals surface area contributed by atoms with E-state index in [9.17, 15) is 5.11 Å². The van der Waals surface area contributed by atoms with E-state index in [4.69, 9.17) is 5.73 Å². The van der Waals surface area contributed by atoms with Crippen molar-refractivity contribution in [3.05, 3.63) is 0 Å². The predicted molar refractivity (Wildman–Crippen MR) is 78.2 cm³/mol. The largest absolute Gasteiger partial charge is 0.388 e. The Morgan fingerprint density at radius 1 is 1.44 bits per heavy atom. The molecule has 5 heteroatoms. The molecule has 3 N–H and O–H groups in total. The van der Waals surface area contributed by atoms with Gasteiger partial charge in [0.25, 0.3) is 0 Å². The molecule has 0 aliphatic heterocycles. The second-order valence-corrected chi connectivity index (χ2v) is 4.45. The summed E-state index contributed by atoms with van der Waals surface area (Å²) < 4.78 is 0. The maximum atomic E-state index is 10.0. The number of rotatable bonds is 5. The third-order valence-electron chi connectivity index (χ3n) is 3.31. The summed E-state index contributed by atoms with van der Waals surface area (Å²) in [6.45, 7) is 4.35. The SMILES string of the molecule is CCC(O)(CC)CN=C(N)N(C)C1CC1.I. The lowest BCUT2D eigenvalue weighted by molar-refractivity contribution is 0.0416. The molecule has 16 heavy (non-hydrogen) atoms. The van der Waals surface area contributed by atoms with Crippen LogP contribution in [0.4, 0.5) is 0 Å². The van der Waals surface area contributed by atoms with Crippen LogP contribution in [-0.2, 0) is 0 Å². The fourth-order valence-electron chi connectivity index (χ4n) is 1.46. The molecular formula is C11H24IN3O. The summed E-state index contributed by atoms with van der Waals surface area (Å²) in [6.07, 6.45) is 3.85. The fraction of sp³-hybridized carbons (Fsp3) is 0.909. The van der Waals surface area contributed by atoms with Crippen LogP contribution in [0.15, 0.2) is 4.99 Å². The topological polar surface area (TPSA) is 61.9 Å². The van der Waals surface area contributed by atoms with E-state index in [2.05, 4.69) is 4.99 Å². The molecule has 1 fully saturated rings. The van der Waals surface area contributed by atoms with Crippen molar-refractivity contribution in [2.24, 2.45) is 10.7 Å². The summed E-state index contributed by atoms with van der Waals surface area (Å²) in [5.41, 5.74) is 5.15. The minimum atomic E-state index is -0.686. The quantitative estimate of drug-likeness (QED) is 0.453. The molecule has 0 heterocycles. The van der Waals surface area contributed by atoms with Gasteiger partial charge in [0.2, 0.25) is 0 Å². The van der Waals surface area contributed by atoms with Gasteiger partial charge in [0.05, 0.1) is 12.1 Å².